The summed E-state index contributed by atoms with van der Waals surface area (Å²) in [7, 11) is 1.12. The Bertz CT molecular complexity index is 653. The van der Waals surface area contributed by atoms with Crippen molar-refractivity contribution < 1.29 is 22.7 Å². The third kappa shape index (κ3) is 2.65. The minimum atomic E-state index is -4.68. The van der Waals surface area contributed by atoms with E-state index in [1.54, 1.807) is 0 Å². The molecule has 0 aliphatic rings. The zero-order valence-corrected chi connectivity index (χ0v) is 9.92. The summed E-state index contributed by atoms with van der Waals surface area (Å²) in [5.74, 6) is -2.00. The summed E-state index contributed by atoms with van der Waals surface area (Å²) in [6, 6.07) is 0.631. The number of anilines is 1. The predicted molar refractivity (Wildman–Crippen MR) is 57.7 cm³/mol. The molecule has 0 aliphatic carbocycles. The monoisotopic (exact) mass is 288 g/mol. The summed E-state index contributed by atoms with van der Waals surface area (Å²) in [6.45, 7) is 0. The molecule has 0 unspecified atom stereocenters. The zero-order chi connectivity index (χ0) is 14.9. The maximum atomic E-state index is 12.6. The Hall–Kier alpha value is -2.72. The summed E-state index contributed by atoms with van der Waals surface area (Å²) in [5.41, 5.74) is 3.98. The molecule has 2 aromatic heterocycles. The molecule has 106 valence electrons. The first-order chi connectivity index (χ1) is 9.31. The van der Waals surface area contributed by atoms with Crippen molar-refractivity contribution in [1.29, 1.82) is 0 Å². The van der Waals surface area contributed by atoms with Gasteiger partial charge in [-0.15, -0.1) is 5.10 Å². The fourth-order valence-electron chi connectivity index (χ4n) is 1.27. The Morgan fingerprint density at radius 3 is 2.70 bits per heavy atom. The van der Waals surface area contributed by atoms with Crippen molar-refractivity contribution in [2.75, 3.05) is 12.8 Å². The first-order valence-corrected chi connectivity index (χ1v) is 5.03. The summed E-state index contributed by atoms with van der Waals surface area (Å²) in [5, 5.41) is 3.63. The number of ether oxygens (including phenoxy) is 1. The molecule has 2 aromatic rings. The second-order valence-electron chi connectivity index (χ2n) is 3.47. The molecule has 0 saturated heterocycles. The van der Waals surface area contributed by atoms with Gasteiger partial charge in [0.05, 0.1) is 7.11 Å². The first kappa shape index (κ1) is 13.7. The predicted octanol–water partition coefficient (Wildman–Crippen LogP) is 0.445. The lowest BCUT2D eigenvalue weighted by atomic mass is 10.4. The van der Waals surface area contributed by atoms with Gasteiger partial charge in [0.1, 0.15) is 6.33 Å². The molecule has 20 heavy (non-hydrogen) atoms. The average Bonchev–Trinajstić information content (AvgIpc) is 2.85. The quantitative estimate of drug-likeness (QED) is 0.799. The Kier molecular flexibility index (Phi) is 3.26. The molecule has 0 saturated carbocycles. The molecule has 0 amide bonds. The van der Waals surface area contributed by atoms with E-state index in [1.165, 1.54) is 0 Å². The highest BCUT2D eigenvalue weighted by molar-refractivity contribution is 5.84. The molecule has 2 heterocycles. The van der Waals surface area contributed by atoms with Gasteiger partial charge in [0.15, 0.2) is 11.5 Å². The lowest BCUT2D eigenvalue weighted by Crippen LogP contribution is -2.13. The highest BCUT2D eigenvalue weighted by atomic mass is 19.4. The number of carbonyl (C=O) groups is 1. The zero-order valence-electron chi connectivity index (χ0n) is 9.92. The largest absolute Gasteiger partial charge is 0.463 e. The van der Waals surface area contributed by atoms with Crippen LogP contribution >= 0.6 is 0 Å². The second-order valence-corrected chi connectivity index (χ2v) is 3.47. The minimum absolute atomic E-state index is 0.271. The number of methoxy groups -OCH3 is 1. The summed E-state index contributed by atoms with van der Waals surface area (Å²) < 4.78 is 43.0. The number of carbonyl (C=O) groups excluding carboxylic acids is 1. The van der Waals surface area contributed by atoms with Crippen LogP contribution < -0.4 is 5.73 Å². The van der Waals surface area contributed by atoms with Gasteiger partial charge in [-0.25, -0.2) is 19.4 Å². The Balaban J connectivity index is 2.45. The van der Waals surface area contributed by atoms with Gasteiger partial charge >= 0.3 is 12.1 Å². The highest BCUT2D eigenvalue weighted by Gasteiger charge is 2.33. The van der Waals surface area contributed by atoms with Gasteiger partial charge in [-0.2, -0.15) is 18.2 Å². The van der Waals surface area contributed by atoms with E-state index in [2.05, 4.69) is 24.8 Å². The number of halogens is 3. The molecule has 2 rings (SSSR count). The number of rotatable bonds is 2. The molecule has 0 aromatic carbocycles. The van der Waals surface area contributed by atoms with Crippen LogP contribution in [0, 0.1) is 0 Å². The van der Waals surface area contributed by atoms with Crippen LogP contribution in [0.1, 0.15) is 16.3 Å². The summed E-state index contributed by atoms with van der Waals surface area (Å²) >= 11 is 0. The topological polar surface area (TPSA) is 109 Å². The van der Waals surface area contributed by atoms with Crippen LogP contribution in [0.3, 0.4) is 0 Å². The standard InChI is InChI=1S/C9H7F3N6O2/c1-20-7(19)6-14-3-18(17-6)5-2-4(9(10,11)12)15-8(13)16-5/h2-3H,1H3,(H2,13,15,16). The van der Waals surface area contributed by atoms with E-state index < -0.39 is 23.8 Å². The molecule has 0 bridgehead atoms. The third-order valence-electron chi connectivity index (χ3n) is 2.11. The van der Waals surface area contributed by atoms with Gasteiger partial charge in [-0.3, -0.25) is 0 Å². The van der Waals surface area contributed by atoms with E-state index in [9.17, 15) is 18.0 Å². The number of esters is 1. The van der Waals surface area contributed by atoms with Gasteiger partial charge in [0, 0.05) is 6.07 Å². The van der Waals surface area contributed by atoms with Crippen molar-refractivity contribution in [2.24, 2.45) is 0 Å². The van der Waals surface area contributed by atoms with Crippen LogP contribution in [0.15, 0.2) is 12.4 Å². The summed E-state index contributed by atoms with van der Waals surface area (Å²) in [4.78, 5) is 21.4. The average molecular weight is 288 g/mol. The van der Waals surface area contributed by atoms with Gasteiger partial charge in [0.2, 0.25) is 5.95 Å². The number of nitrogen functional groups attached to an aromatic ring is 1. The maximum absolute atomic E-state index is 12.6. The number of hydrogen-bond acceptors (Lipinski definition) is 7. The lowest BCUT2D eigenvalue weighted by Gasteiger charge is -2.07. The van der Waals surface area contributed by atoms with E-state index in [4.69, 9.17) is 5.73 Å². The van der Waals surface area contributed by atoms with Crippen LogP contribution in [-0.4, -0.2) is 37.8 Å². The van der Waals surface area contributed by atoms with Gasteiger partial charge in [-0.1, -0.05) is 0 Å². The molecular weight excluding hydrogens is 281 g/mol. The van der Waals surface area contributed by atoms with Gasteiger partial charge in [0.25, 0.3) is 5.82 Å². The number of nitrogens with two attached hydrogens (primary N) is 1. The van der Waals surface area contributed by atoms with Crippen LogP contribution in [0.5, 0.6) is 0 Å². The molecule has 0 aliphatic heterocycles. The van der Waals surface area contributed by atoms with Gasteiger partial charge < -0.3 is 10.5 Å². The molecule has 0 radical (unpaired) electrons. The van der Waals surface area contributed by atoms with E-state index in [1.807, 2.05) is 0 Å². The number of aromatic nitrogens is 5. The Labute approximate surface area is 109 Å². The van der Waals surface area contributed by atoms with Crippen molar-refractivity contribution in [1.82, 2.24) is 24.7 Å². The van der Waals surface area contributed by atoms with Crippen LogP contribution in [0.4, 0.5) is 19.1 Å². The van der Waals surface area contributed by atoms with Crippen molar-refractivity contribution in [2.45, 2.75) is 6.18 Å². The maximum Gasteiger partial charge on any atom is 0.433 e. The Morgan fingerprint density at radius 1 is 1.40 bits per heavy atom. The SMILES string of the molecule is COC(=O)c1ncn(-c2cc(C(F)(F)F)nc(N)n2)n1. The van der Waals surface area contributed by atoms with Crippen LogP contribution in [0.2, 0.25) is 0 Å². The highest BCUT2D eigenvalue weighted by Crippen LogP contribution is 2.28. The number of nitrogens with zero attached hydrogens (tertiary/aromatic N) is 5. The van der Waals surface area contributed by atoms with Gasteiger partial charge in [-0.05, 0) is 0 Å². The molecular formula is C9H7F3N6O2. The third-order valence-corrected chi connectivity index (χ3v) is 2.11. The van der Waals surface area contributed by atoms with Crippen molar-refractivity contribution >= 4 is 11.9 Å². The fourth-order valence-corrected chi connectivity index (χ4v) is 1.27. The van der Waals surface area contributed by atoms with E-state index >= 15 is 0 Å². The number of alkyl halides is 3. The molecule has 0 atom stereocenters. The Morgan fingerprint density at radius 2 is 2.10 bits per heavy atom. The normalized spacial score (nSPS) is 11.4. The molecule has 2 N–H and O–H groups in total. The van der Waals surface area contributed by atoms with Crippen molar-refractivity contribution in [3.63, 3.8) is 0 Å². The van der Waals surface area contributed by atoms with Crippen LogP contribution in [-0.2, 0) is 10.9 Å². The minimum Gasteiger partial charge on any atom is -0.463 e. The van der Waals surface area contributed by atoms with Crippen molar-refractivity contribution in [3.8, 4) is 5.82 Å². The number of hydrogen-bond donors (Lipinski definition) is 1. The van der Waals surface area contributed by atoms with E-state index in [0.717, 1.165) is 18.1 Å². The molecule has 0 spiro atoms. The smallest absolute Gasteiger partial charge is 0.433 e. The van der Waals surface area contributed by atoms with E-state index in [-0.39, 0.29) is 11.6 Å². The molecule has 11 heteroatoms. The molecule has 0 fully saturated rings. The lowest BCUT2D eigenvalue weighted by molar-refractivity contribution is -0.141. The second kappa shape index (κ2) is 4.75. The summed E-state index contributed by atoms with van der Waals surface area (Å²) in [6.07, 6.45) is -3.67. The van der Waals surface area contributed by atoms with Crippen LogP contribution in [0.25, 0.3) is 5.82 Å². The fraction of sp³-hybridized carbons (Fsp3) is 0.222. The first-order valence-electron chi connectivity index (χ1n) is 5.03. The van der Waals surface area contributed by atoms with Crippen molar-refractivity contribution in [3.05, 3.63) is 23.9 Å². The molecule has 8 nitrogen and oxygen atoms in total. The van der Waals surface area contributed by atoms with E-state index in [0.29, 0.717) is 6.07 Å².